The Morgan fingerprint density at radius 2 is 1.67 bits per heavy atom. The van der Waals surface area contributed by atoms with E-state index in [4.69, 9.17) is 35.4 Å². The number of nitrogens with zero attached hydrogens (tertiary/aromatic N) is 1. The fourth-order valence-corrected chi connectivity index (χ4v) is 4.35. The number of carbonyl (C=O) groups excluding carboxylic acids is 2. The van der Waals surface area contributed by atoms with E-state index in [1.165, 1.54) is 18.6 Å². The van der Waals surface area contributed by atoms with Crippen molar-refractivity contribution in [1.29, 1.82) is 0 Å². The highest BCUT2D eigenvalue weighted by molar-refractivity contribution is 7.80. The average Bonchev–Trinajstić information content (AvgIpc) is 2.73. The van der Waals surface area contributed by atoms with Gasteiger partial charge in [0.2, 0.25) is 0 Å². The fraction of sp³-hybridized carbons (Fsp3) is 0.318. The Balaban J connectivity index is 1.70. The van der Waals surface area contributed by atoms with Crippen molar-refractivity contribution in [2.75, 3.05) is 12.4 Å². The van der Waals surface area contributed by atoms with Gasteiger partial charge in [-0.2, -0.15) is 0 Å². The number of benzene rings is 2. The van der Waals surface area contributed by atoms with Gasteiger partial charge < -0.3 is 10.2 Å². The molecule has 3 rings (SSSR count). The Kier molecular flexibility index (Phi) is 7.69. The molecule has 0 aliphatic heterocycles. The first-order chi connectivity index (χ1) is 14.3. The number of para-hydroxylation sites is 1. The van der Waals surface area contributed by atoms with Crippen molar-refractivity contribution in [3.63, 3.8) is 0 Å². The summed E-state index contributed by atoms with van der Waals surface area (Å²) >= 11 is 17.2. The molecular formula is C22H23Cl2N3O2S. The third-order valence-corrected chi connectivity index (χ3v) is 5.84. The van der Waals surface area contributed by atoms with Crippen molar-refractivity contribution in [1.82, 2.24) is 10.2 Å². The van der Waals surface area contributed by atoms with Crippen LogP contribution in [0.1, 0.15) is 52.8 Å². The fourth-order valence-electron chi connectivity index (χ4n) is 3.62. The van der Waals surface area contributed by atoms with E-state index in [-0.39, 0.29) is 22.6 Å². The van der Waals surface area contributed by atoms with Crippen LogP contribution in [-0.4, -0.2) is 34.9 Å². The van der Waals surface area contributed by atoms with Crippen molar-refractivity contribution in [2.24, 2.45) is 0 Å². The number of nitrogens with one attached hydrogen (secondary N) is 2. The molecule has 1 saturated carbocycles. The largest absolute Gasteiger partial charge is 0.339 e. The van der Waals surface area contributed by atoms with Gasteiger partial charge in [0.05, 0.1) is 11.3 Å². The second-order valence-corrected chi connectivity index (χ2v) is 8.60. The van der Waals surface area contributed by atoms with E-state index in [9.17, 15) is 9.59 Å². The van der Waals surface area contributed by atoms with Gasteiger partial charge in [0.15, 0.2) is 5.11 Å². The van der Waals surface area contributed by atoms with Crippen LogP contribution in [-0.2, 0) is 0 Å². The quantitative estimate of drug-likeness (QED) is 0.585. The zero-order valence-corrected chi connectivity index (χ0v) is 18.9. The Labute approximate surface area is 191 Å². The number of carbonyl (C=O) groups is 2. The third kappa shape index (κ3) is 5.72. The monoisotopic (exact) mass is 463 g/mol. The molecule has 1 fully saturated rings. The minimum Gasteiger partial charge on any atom is -0.339 e. The Hall–Kier alpha value is -2.15. The number of hydrogen-bond acceptors (Lipinski definition) is 3. The molecule has 2 amide bonds. The Morgan fingerprint density at radius 1 is 1.03 bits per heavy atom. The summed E-state index contributed by atoms with van der Waals surface area (Å²) in [6.07, 6.45) is 5.56. The lowest BCUT2D eigenvalue weighted by atomic mass is 9.94. The molecule has 0 saturated heterocycles. The minimum atomic E-state index is -0.444. The van der Waals surface area contributed by atoms with Gasteiger partial charge in [-0.1, -0.05) is 54.6 Å². The zero-order valence-electron chi connectivity index (χ0n) is 16.6. The second-order valence-electron chi connectivity index (χ2n) is 7.32. The van der Waals surface area contributed by atoms with Gasteiger partial charge in [0.25, 0.3) is 11.8 Å². The first kappa shape index (κ1) is 22.5. The topological polar surface area (TPSA) is 61.4 Å². The summed E-state index contributed by atoms with van der Waals surface area (Å²) in [6.45, 7) is 0. The summed E-state index contributed by atoms with van der Waals surface area (Å²) in [5, 5.41) is 6.35. The maximum Gasteiger partial charge on any atom is 0.257 e. The first-order valence-corrected chi connectivity index (χ1v) is 11.0. The Bertz CT molecular complexity index is 941. The van der Waals surface area contributed by atoms with E-state index in [2.05, 4.69) is 10.6 Å². The van der Waals surface area contributed by atoms with E-state index in [0.29, 0.717) is 21.3 Å². The van der Waals surface area contributed by atoms with Crippen LogP contribution < -0.4 is 10.6 Å². The number of hydrogen-bond donors (Lipinski definition) is 2. The smallest absolute Gasteiger partial charge is 0.257 e. The van der Waals surface area contributed by atoms with E-state index < -0.39 is 5.91 Å². The van der Waals surface area contributed by atoms with Crippen LogP contribution in [0.15, 0.2) is 42.5 Å². The summed E-state index contributed by atoms with van der Waals surface area (Å²) in [5.41, 5.74) is 1.34. The SMILES string of the molecule is CN(C(=O)c1ccccc1NC(=S)NC(=O)c1cc(Cl)cc(Cl)c1)C1CCCCC1. The van der Waals surface area contributed by atoms with Gasteiger partial charge in [0.1, 0.15) is 0 Å². The molecule has 5 nitrogen and oxygen atoms in total. The van der Waals surface area contributed by atoms with Crippen LogP contribution in [0.3, 0.4) is 0 Å². The van der Waals surface area contributed by atoms with Gasteiger partial charge in [0, 0.05) is 28.7 Å². The maximum atomic E-state index is 13.1. The molecule has 1 aliphatic carbocycles. The highest BCUT2D eigenvalue weighted by Crippen LogP contribution is 2.25. The summed E-state index contributed by atoms with van der Waals surface area (Å²) < 4.78 is 0. The second kappa shape index (κ2) is 10.2. The molecule has 158 valence electrons. The molecule has 2 aromatic carbocycles. The molecule has 0 atom stereocenters. The maximum absolute atomic E-state index is 13.1. The molecule has 2 aromatic rings. The molecular weight excluding hydrogens is 441 g/mol. The molecule has 0 spiro atoms. The standard InChI is InChI=1S/C22H23Cl2N3O2S/c1-27(17-7-3-2-4-8-17)21(29)18-9-5-6-10-19(18)25-22(30)26-20(28)14-11-15(23)13-16(24)12-14/h5-6,9-13,17H,2-4,7-8H2,1H3,(H2,25,26,28,30). The summed E-state index contributed by atoms with van der Waals surface area (Å²) in [6, 6.07) is 11.9. The van der Waals surface area contributed by atoms with E-state index in [1.807, 2.05) is 18.0 Å². The van der Waals surface area contributed by atoms with E-state index >= 15 is 0 Å². The molecule has 0 unspecified atom stereocenters. The summed E-state index contributed by atoms with van der Waals surface area (Å²) in [5.74, 6) is -0.513. The molecule has 8 heteroatoms. The molecule has 0 aromatic heterocycles. The molecule has 0 radical (unpaired) electrons. The number of amides is 2. The van der Waals surface area contributed by atoms with Crippen LogP contribution in [0.25, 0.3) is 0 Å². The van der Waals surface area contributed by atoms with Crippen LogP contribution in [0.5, 0.6) is 0 Å². The molecule has 1 aliphatic rings. The van der Waals surface area contributed by atoms with Crippen molar-refractivity contribution in [2.45, 2.75) is 38.1 Å². The number of thiocarbonyl (C=S) groups is 1. The van der Waals surface area contributed by atoms with Crippen molar-refractivity contribution in [3.05, 3.63) is 63.6 Å². The van der Waals surface area contributed by atoms with Crippen molar-refractivity contribution < 1.29 is 9.59 Å². The Morgan fingerprint density at radius 3 is 2.33 bits per heavy atom. The lowest BCUT2D eigenvalue weighted by Gasteiger charge is -2.31. The highest BCUT2D eigenvalue weighted by Gasteiger charge is 2.24. The zero-order chi connectivity index (χ0) is 21.7. The highest BCUT2D eigenvalue weighted by atomic mass is 35.5. The van der Waals surface area contributed by atoms with E-state index in [1.54, 1.807) is 24.3 Å². The minimum absolute atomic E-state index is 0.0688. The third-order valence-electron chi connectivity index (χ3n) is 5.20. The van der Waals surface area contributed by atoms with E-state index in [0.717, 1.165) is 25.7 Å². The lowest BCUT2D eigenvalue weighted by molar-refractivity contribution is 0.0697. The van der Waals surface area contributed by atoms with Crippen LogP contribution in [0, 0.1) is 0 Å². The normalized spacial score (nSPS) is 14.1. The predicted octanol–water partition coefficient (Wildman–Crippen LogP) is 5.52. The molecule has 0 bridgehead atoms. The summed E-state index contributed by atoms with van der Waals surface area (Å²) in [7, 11) is 1.85. The molecule has 0 heterocycles. The van der Waals surface area contributed by atoms with Crippen molar-refractivity contribution in [3.8, 4) is 0 Å². The van der Waals surface area contributed by atoms with Crippen molar-refractivity contribution >= 4 is 58.0 Å². The number of anilines is 1. The van der Waals surface area contributed by atoms with Gasteiger partial charge >= 0.3 is 0 Å². The molecule has 2 N–H and O–H groups in total. The number of halogens is 2. The van der Waals surface area contributed by atoms with Gasteiger partial charge in [-0.05, 0) is 55.4 Å². The lowest BCUT2D eigenvalue weighted by Crippen LogP contribution is -2.39. The van der Waals surface area contributed by atoms with Crippen LogP contribution >= 0.6 is 35.4 Å². The van der Waals surface area contributed by atoms with Gasteiger partial charge in [-0.25, -0.2) is 0 Å². The average molecular weight is 464 g/mol. The van der Waals surface area contributed by atoms with Gasteiger partial charge in [-0.15, -0.1) is 0 Å². The van der Waals surface area contributed by atoms with Crippen LogP contribution in [0.2, 0.25) is 10.0 Å². The number of rotatable bonds is 4. The summed E-state index contributed by atoms with van der Waals surface area (Å²) in [4.78, 5) is 27.4. The first-order valence-electron chi connectivity index (χ1n) is 9.80. The molecule has 30 heavy (non-hydrogen) atoms. The van der Waals surface area contributed by atoms with Gasteiger partial charge in [-0.3, -0.25) is 14.9 Å². The van der Waals surface area contributed by atoms with Crippen LogP contribution in [0.4, 0.5) is 5.69 Å². The predicted molar refractivity (Wildman–Crippen MR) is 126 cm³/mol.